The van der Waals surface area contributed by atoms with Crippen molar-refractivity contribution in [1.82, 2.24) is 14.4 Å². The maximum absolute atomic E-state index is 4.56. The number of thiophene rings is 1. The van der Waals surface area contributed by atoms with Gasteiger partial charge >= 0.3 is 0 Å². The zero-order chi connectivity index (χ0) is 16.5. The minimum atomic E-state index is 0.529. The zero-order valence-corrected chi connectivity index (χ0v) is 14.4. The van der Waals surface area contributed by atoms with E-state index in [2.05, 4.69) is 75.3 Å². The highest BCUT2D eigenvalue weighted by atomic mass is 32.1. The number of anilines is 2. The first kappa shape index (κ1) is 14.9. The molecule has 5 heteroatoms. The van der Waals surface area contributed by atoms with Gasteiger partial charge in [0.1, 0.15) is 0 Å². The van der Waals surface area contributed by atoms with Gasteiger partial charge in [0.15, 0.2) is 11.5 Å². The SMILES string of the molecule is CC(C)c1ccc(Nc2nccn3c(-c4cccs4)cnc23)cc1. The summed E-state index contributed by atoms with van der Waals surface area (Å²) in [6.07, 6.45) is 5.65. The molecule has 0 saturated heterocycles. The minimum Gasteiger partial charge on any atom is -0.337 e. The number of fused-ring (bicyclic) bond motifs is 1. The molecule has 0 saturated carbocycles. The fraction of sp³-hybridized carbons (Fsp3) is 0.158. The summed E-state index contributed by atoms with van der Waals surface area (Å²) in [4.78, 5) is 10.2. The van der Waals surface area contributed by atoms with Gasteiger partial charge in [-0.25, -0.2) is 9.97 Å². The molecule has 4 aromatic rings. The molecule has 24 heavy (non-hydrogen) atoms. The Morgan fingerprint density at radius 3 is 2.62 bits per heavy atom. The van der Waals surface area contributed by atoms with Crippen molar-refractivity contribution in [2.45, 2.75) is 19.8 Å². The predicted molar refractivity (Wildman–Crippen MR) is 100 cm³/mol. The van der Waals surface area contributed by atoms with E-state index >= 15 is 0 Å². The van der Waals surface area contributed by atoms with E-state index < -0.39 is 0 Å². The molecular formula is C19H18N4S. The average Bonchev–Trinajstić information content (AvgIpc) is 3.25. The molecule has 0 amide bonds. The zero-order valence-electron chi connectivity index (χ0n) is 13.6. The summed E-state index contributed by atoms with van der Waals surface area (Å²) in [5.74, 6) is 1.29. The van der Waals surface area contributed by atoms with Gasteiger partial charge in [0.05, 0.1) is 16.8 Å². The molecule has 4 rings (SSSR count). The van der Waals surface area contributed by atoms with E-state index in [1.807, 2.05) is 12.4 Å². The third-order valence-electron chi connectivity index (χ3n) is 4.04. The van der Waals surface area contributed by atoms with E-state index in [1.165, 1.54) is 10.4 Å². The van der Waals surface area contributed by atoms with E-state index in [-0.39, 0.29) is 0 Å². The lowest BCUT2D eigenvalue weighted by Crippen LogP contribution is -1.98. The van der Waals surface area contributed by atoms with Crippen LogP contribution < -0.4 is 5.32 Å². The summed E-state index contributed by atoms with van der Waals surface area (Å²) in [7, 11) is 0. The molecule has 0 unspecified atom stereocenters. The lowest BCUT2D eigenvalue weighted by molar-refractivity contribution is 0.867. The molecule has 0 atom stereocenters. The maximum atomic E-state index is 4.56. The van der Waals surface area contributed by atoms with Crippen LogP contribution >= 0.6 is 11.3 Å². The molecule has 3 heterocycles. The Morgan fingerprint density at radius 2 is 1.92 bits per heavy atom. The number of hydrogen-bond donors (Lipinski definition) is 1. The van der Waals surface area contributed by atoms with Gasteiger partial charge in [-0.3, -0.25) is 4.40 Å². The van der Waals surface area contributed by atoms with Gasteiger partial charge in [-0.15, -0.1) is 11.3 Å². The number of imidazole rings is 1. The molecule has 1 aromatic carbocycles. The van der Waals surface area contributed by atoms with Crippen LogP contribution in [0.5, 0.6) is 0 Å². The fourth-order valence-corrected chi connectivity index (χ4v) is 3.43. The normalized spacial score (nSPS) is 11.3. The Morgan fingerprint density at radius 1 is 1.08 bits per heavy atom. The van der Waals surface area contributed by atoms with E-state index in [1.54, 1.807) is 17.5 Å². The Balaban J connectivity index is 1.70. The first-order valence-electron chi connectivity index (χ1n) is 7.95. The van der Waals surface area contributed by atoms with Gasteiger partial charge in [-0.1, -0.05) is 32.0 Å². The summed E-state index contributed by atoms with van der Waals surface area (Å²) >= 11 is 1.71. The van der Waals surface area contributed by atoms with Crippen molar-refractivity contribution in [1.29, 1.82) is 0 Å². The Bertz CT molecular complexity index is 953. The second-order valence-electron chi connectivity index (χ2n) is 5.99. The molecule has 0 spiro atoms. The van der Waals surface area contributed by atoms with Crippen molar-refractivity contribution in [2.24, 2.45) is 0 Å². The highest BCUT2D eigenvalue weighted by Crippen LogP contribution is 2.28. The highest BCUT2D eigenvalue weighted by Gasteiger charge is 2.11. The number of hydrogen-bond acceptors (Lipinski definition) is 4. The van der Waals surface area contributed by atoms with Gasteiger partial charge in [0, 0.05) is 18.1 Å². The molecule has 0 bridgehead atoms. The van der Waals surface area contributed by atoms with Crippen molar-refractivity contribution >= 4 is 28.5 Å². The van der Waals surface area contributed by atoms with Gasteiger partial charge in [-0.05, 0) is 35.1 Å². The minimum absolute atomic E-state index is 0.529. The second kappa shape index (κ2) is 6.09. The molecule has 0 fully saturated rings. The quantitative estimate of drug-likeness (QED) is 0.549. The largest absolute Gasteiger partial charge is 0.337 e. The molecular weight excluding hydrogens is 316 g/mol. The van der Waals surface area contributed by atoms with Crippen molar-refractivity contribution in [3.8, 4) is 10.6 Å². The summed E-state index contributed by atoms with van der Waals surface area (Å²) in [5, 5.41) is 5.46. The van der Waals surface area contributed by atoms with E-state index in [0.717, 1.165) is 22.8 Å². The van der Waals surface area contributed by atoms with Crippen LogP contribution in [0.2, 0.25) is 0 Å². The summed E-state index contributed by atoms with van der Waals surface area (Å²) < 4.78 is 2.07. The average molecular weight is 334 g/mol. The Labute approximate surface area is 144 Å². The molecule has 1 N–H and O–H groups in total. The monoisotopic (exact) mass is 334 g/mol. The molecule has 3 aromatic heterocycles. The highest BCUT2D eigenvalue weighted by molar-refractivity contribution is 7.13. The predicted octanol–water partition coefficient (Wildman–Crippen LogP) is 5.32. The second-order valence-corrected chi connectivity index (χ2v) is 6.94. The van der Waals surface area contributed by atoms with Crippen LogP contribution in [0.4, 0.5) is 11.5 Å². The van der Waals surface area contributed by atoms with Crippen LogP contribution in [0, 0.1) is 0 Å². The molecule has 0 radical (unpaired) electrons. The van der Waals surface area contributed by atoms with Gasteiger partial charge in [-0.2, -0.15) is 0 Å². The van der Waals surface area contributed by atoms with Crippen LogP contribution in [-0.4, -0.2) is 14.4 Å². The molecule has 0 aliphatic rings. The third kappa shape index (κ3) is 2.67. The lowest BCUT2D eigenvalue weighted by atomic mass is 10.0. The summed E-state index contributed by atoms with van der Waals surface area (Å²) in [5.41, 5.74) is 4.25. The Hall–Kier alpha value is -2.66. The summed E-state index contributed by atoms with van der Waals surface area (Å²) in [6.45, 7) is 4.39. The van der Waals surface area contributed by atoms with Crippen molar-refractivity contribution in [3.63, 3.8) is 0 Å². The van der Waals surface area contributed by atoms with Crippen LogP contribution in [0.1, 0.15) is 25.3 Å². The number of nitrogens with zero attached hydrogens (tertiary/aromatic N) is 3. The topological polar surface area (TPSA) is 42.2 Å². The van der Waals surface area contributed by atoms with Crippen LogP contribution in [0.15, 0.2) is 60.4 Å². The molecule has 4 nitrogen and oxygen atoms in total. The van der Waals surface area contributed by atoms with Crippen LogP contribution in [-0.2, 0) is 0 Å². The number of aromatic nitrogens is 3. The Kier molecular flexibility index (Phi) is 3.78. The first-order valence-corrected chi connectivity index (χ1v) is 8.83. The van der Waals surface area contributed by atoms with Crippen molar-refractivity contribution in [3.05, 3.63) is 65.9 Å². The molecule has 120 valence electrons. The molecule has 0 aliphatic carbocycles. The maximum Gasteiger partial charge on any atom is 0.180 e. The third-order valence-corrected chi connectivity index (χ3v) is 4.93. The van der Waals surface area contributed by atoms with E-state index in [4.69, 9.17) is 0 Å². The van der Waals surface area contributed by atoms with E-state index in [9.17, 15) is 0 Å². The number of benzene rings is 1. The fourth-order valence-electron chi connectivity index (χ4n) is 2.70. The first-order chi connectivity index (χ1) is 11.7. The van der Waals surface area contributed by atoms with Crippen molar-refractivity contribution in [2.75, 3.05) is 5.32 Å². The van der Waals surface area contributed by atoms with Gasteiger partial charge < -0.3 is 5.32 Å². The number of nitrogens with one attached hydrogen (secondary N) is 1. The summed E-state index contributed by atoms with van der Waals surface area (Å²) in [6, 6.07) is 12.6. The lowest BCUT2D eigenvalue weighted by Gasteiger charge is -2.09. The van der Waals surface area contributed by atoms with E-state index in [0.29, 0.717) is 5.92 Å². The van der Waals surface area contributed by atoms with Crippen LogP contribution in [0.3, 0.4) is 0 Å². The van der Waals surface area contributed by atoms with Crippen molar-refractivity contribution < 1.29 is 0 Å². The smallest absolute Gasteiger partial charge is 0.180 e. The van der Waals surface area contributed by atoms with Gasteiger partial charge in [0.25, 0.3) is 0 Å². The van der Waals surface area contributed by atoms with Gasteiger partial charge in [0.2, 0.25) is 0 Å². The standard InChI is InChI=1S/C19H18N4S/c1-13(2)14-5-7-15(8-6-14)22-18-19-21-12-16(17-4-3-11-24-17)23(19)10-9-20-18/h3-13H,1-2H3,(H,20,22). The number of rotatable bonds is 4. The van der Waals surface area contributed by atoms with Crippen LogP contribution in [0.25, 0.3) is 16.2 Å². The molecule has 0 aliphatic heterocycles.